The summed E-state index contributed by atoms with van der Waals surface area (Å²) >= 11 is 0. The highest BCUT2D eigenvalue weighted by molar-refractivity contribution is 6.01. The van der Waals surface area contributed by atoms with Gasteiger partial charge >= 0.3 is 0 Å². The quantitative estimate of drug-likeness (QED) is 0.727. The lowest BCUT2D eigenvalue weighted by molar-refractivity contribution is -0.139. The summed E-state index contributed by atoms with van der Waals surface area (Å²) in [6.07, 6.45) is 1.50. The number of fused-ring (bicyclic) bond motifs is 1. The van der Waals surface area contributed by atoms with Gasteiger partial charge in [-0.05, 0) is 31.0 Å². The maximum atomic E-state index is 12.5. The molecule has 29 heavy (non-hydrogen) atoms. The highest BCUT2D eigenvalue weighted by Crippen LogP contribution is 2.23. The van der Waals surface area contributed by atoms with Crippen LogP contribution in [0.25, 0.3) is 10.9 Å². The van der Waals surface area contributed by atoms with Crippen molar-refractivity contribution in [1.29, 1.82) is 0 Å². The third-order valence-electron chi connectivity index (χ3n) is 5.79. The number of nitrogens with zero attached hydrogens (tertiary/aromatic N) is 4. The monoisotopic (exact) mass is 394 g/mol. The number of benzene rings is 1. The smallest absolute Gasteiger partial charge is 0.229 e. The van der Waals surface area contributed by atoms with Gasteiger partial charge in [-0.15, -0.1) is 0 Å². The van der Waals surface area contributed by atoms with Crippen LogP contribution in [0.15, 0.2) is 30.3 Å². The van der Waals surface area contributed by atoms with E-state index in [0.29, 0.717) is 45.3 Å². The van der Waals surface area contributed by atoms with E-state index in [2.05, 4.69) is 24.0 Å². The average Bonchev–Trinajstić information content (AvgIpc) is 3.06. The Morgan fingerprint density at radius 1 is 1.03 bits per heavy atom. The van der Waals surface area contributed by atoms with Gasteiger partial charge in [-0.2, -0.15) is 0 Å². The Bertz CT molecular complexity index is 934. The van der Waals surface area contributed by atoms with Crippen LogP contribution in [-0.4, -0.2) is 65.2 Å². The molecule has 2 aliphatic rings. The van der Waals surface area contributed by atoms with E-state index in [4.69, 9.17) is 4.98 Å². The van der Waals surface area contributed by atoms with Crippen molar-refractivity contribution in [2.24, 2.45) is 0 Å². The molecule has 3 heterocycles. The van der Waals surface area contributed by atoms with E-state index in [9.17, 15) is 14.4 Å². The third kappa shape index (κ3) is 4.09. The van der Waals surface area contributed by atoms with E-state index in [1.54, 1.807) is 0 Å². The van der Waals surface area contributed by atoms with Crippen LogP contribution in [0.2, 0.25) is 0 Å². The van der Waals surface area contributed by atoms with Gasteiger partial charge in [0.05, 0.1) is 5.52 Å². The van der Waals surface area contributed by atoms with Crippen molar-refractivity contribution in [3.63, 3.8) is 0 Å². The minimum Gasteiger partial charge on any atom is -0.353 e. The summed E-state index contributed by atoms with van der Waals surface area (Å²) in [5.74, 6) is 0.814. The van der Waals surface area contributed by atoms with E-state index in [1.807, 2.05) is 23.1 Å². The predicted octanol–water partition coefficient (Wildman–Crippen LogP) is 2.12. The van der Waals surface area contributed by atoms with Gasteiger partial charge in [0.2, 0.25) is 17.7 Å². The zero-order valence-electron chi connectivity index (χ0n) is 16.8. The number of hydrogen-bond donors (Lipinski definition) is 0. The van der Waals surface area contributed by atoms with Gasteiger partial charge in [0.25, 0.3) is 0 Å². The number of carbonyl (C=O) groups excluding carboxylic acids is 3. The van der Waals surface area contributed by atoms with Gasteiger partial charge in [-0.3, -0.25) is 19.3 Å². The molecule has 0 saturated carbocycles. The van der Waals surface area contributed by atoms with E-state index in [-0.39, 0.29) is 17.7 Å². The second kappa shape index (κ2) is 8.19. The lowest BCUT2D eigenvalue weighted by Crippen LogP contribution is -2.49. The minimum atomic E-state index is -0.116. The van der Waals surface area contributed by atoms with Crippen molar-refractivity contribution in [3.8, 4) is 0 Å². The topological polar surface area (TPSA) is 73.8 Å². The molecule has 1 aromatic heterocycles. The fraction of sp³-hybridized carbons (Fsp3) is 0.455. The summed E-state index contributed by atoms with van der Waals surface area (Å²) in [7, 11) is 0. The van der Waals surface area contributed by atoms with Crippen LogP contribution in [0.1, 0.15) is 31.2 Å². The fourth-order valence-corrected chi connectivity index (χ4v) is 4.10. The van der Waals surface area contributed by atoms with Crippen LogP contribution in [0.4, 0.5) is 5.82 Å². The number of amides is 3. The van der Waals surface area contributed by atoms with Crippen LogP contribution in [0.5, 0.6) is 0 Å². The van der Waals surface area contributed by atoms with E-state index >= 15 is 0 Å². The first-order valence-corrected chi connectivity index (χ1v) is 10.3. The standard InChI is InChI=1S/C22H26N4O3/c1-16-15-19(23-18-6-3-2-5-17(16)18)24-11-13-25(14-12-24)20(27)7-4-10-26-21(28)8-9-22(26)29/h2-3,5-6,15H,4,7-14H2,1H3. The number of aromatic nitrogens is 1. The van der Waals surface area contributed by atoms with Gasteiger partial charge in [-0.1, -0.05) is 18.2 Å². The Hall–Kier alpha value is -2.96. The molecule has 152 valence electrons. The summed E-state index contributed by atoms with van der Waals surface area (Å²) in [6.45, 7) is 5.27. The van der Waals surface area contributed by atoms with Crippen molar-refractivity contribution in [3.05, 3.63) is 35.9 Å². The van der Waals surface area contributed by atoms with Crippen molar-refractivity contribution in [2.75, 3.05) is 37.6 Å². The largest absolute Gasteiger partial charge is 0.353 e. The Kier molecular flexibility index (Phi) is 5.47. The maximum Gasteiger partial charge on any atom is 0.229 e. The molecule has 2 aliphatic heterocycles. The van der Waals surface area contributed by atoms with Gasteiger partial charge in [0, 0.05) is 57.4 Å². The maximum absolute atomic E-state index is 12.5. The molecule has 1 aromatic carbocycles. The van der Waals surface area contributed by atoms with Crippen LogP contribution in [-0.2, 0) is 14.4 Å². The van der Waals surface area contributed by atoms with Gasteiger partial charge < -0.3 is 9.80 Å². The van der Waals surface area contributed by atoms with Gasteiger partial charge in [-0.25, -0.2) is 4.98 Å². The summed E-state index contributed by atoms with van der Waals surface area (Å²) in [4.78, 5) is 46.0. The zero-order valence-corrected chi connectivity index (χ0v) is 16.8. The predicted molar refractivity (Wildman–Crippen MR) is 110 cm³/mol. The highest BCUT2D eigenvalue weighted by atomic mass is 16.2. The molecule has 3 amide bonds. The summed E-state index contributed by atoms with van der Waals surface area (Å²) in [5, 5.41) is 1.17. The minimum absolute atomic E-state index is 0.0893. The molecular weight excluding hydrogens is 368 g/mol. The number of pyridine rings is 1. The Morgan fingerprint density at radius 3 is 2.45 bits per heavy atom. The molecule has 0 atom stereocenters. The van der Waals surface area contributed by atoms with Crippen LogP contribution in [0.3, 0.4) is 0 Å². The Labute approximate surface area is 170 Å². The van der Waals surface area contributed by atoms with Gasteiger partial charge in [0.1, 0.15) is 5.82 Å². The highest BCUT2D eigenvalue weighted by Gasteiger charge is 2.29. The first-order chi connectivity index (χ1) is 14.0. The summed E-state index contributed by atoms with van der Waals surface area (Å²) in [5.41, 5.74) is 2.20. The zero-order chi connectivity index (χ0) is 20.4. The molecular formula is C22H26N4O3. The van der Waals surface area contributed by atoms with Crippen molar-refractivity contribution < 1.29 is 14.4 Å². The lowest BCUT2D eigenvalue weighted by atomic mass is 10.1. The molecule has 4 rings (SSSR count). The Balaban J connectivity index is 1.29. The molecule has 0 aliphatic carbocycles. The summed E-state index contributed by atoms with van der Waals surface area (Å²) < 4.78 is 0. The van der Waals surface area contributed by atoms with Gasteiger partial charge in [0.15, 0.2) is 0 Å². The summed E-state index contributed by atoms with van der Waals surface area (Å²) in [6, 6.07) is 10.3. The van der Waals surface area contributed by atoms with Crippen molar-refractivity contribution in [2.45, 2.75) is 32.6 Å². The molecule has 0 bridgehead atoms. The number of hydrogen-bond acceptors (Lipinski definition) is 5. The van der Waals surface area contributed by atoms with Crippen LogP contribution in [0, 0.1) is 6.92 Å². The number of piperazine rings is 1. The second-order valence-electron chi connectivity index (χ2n) is 7.73. The first-order valence-electron chi connectivity index (χ1n) is 10.3. The fourth-order valence-electron chi connectivity index (χ4n) is 4.10. The Morgan fingerprint density at radius 2 is 1.72 bits per heavy atom. The number of carbonyl (C=O) groups is 3. The number of anilines is 1. The van der Waals surface area contributed by atoms with E-state index in [1.165, 1.54) is 15.8 Å². The van der Waals surface area contributed by atoms with Crippen molar-refractivity contribution in [1.82, 2.24) is 14.8 Å². The number of para-hydroxylation sites is 1. The van der Waals surface area contributed by atoms with Crippen molar-refractivity contribution >= 4 is 34.4 Å². The molecule has 0 radical (unpaired) electrons. The SMILES string of the molecule is Cc1cc(N2CCN(C(=O)CCCN3C(=O)CCC3=O)CC2)nc2ccccc12. The van der Waals surface area contributed by atoms with Crippen LogP contribution >= 0.6 is 0 Å². The third-order valence-corrected chi connectivity index (χ3v) is 5.79. The van der Waals surface area contributed by atoms with E-state index < -0.39 is 0 Å². The molecule has 2 aromatic rings. The number of rotatable bonds is 5. The first kappa shape index (κ1) is 19.4. The average molecular weight is 394 g/mol. The normalized spacial score (nSPS) is 17.5. The number of likely N-dealkylation sites (tertiary alicyclic amines) is 1. The molecule has 2 fully saturated rings. The number of aryl methyl sites for hydroxylation is 1. The molecule has 0 unspecified atom stereocenters. The lowest BCUT2D eigenvalue weighted by Gasteiger charge is -2.35. The molecule has 7 heteroatoms. The molecule has 2 saturated heterocycles. The van der Waals surface area contributed by atoms with Crippen LogP contribution < -0.4 is 4.90 Å². The molecule has 0 spiro atoms. The number of imide groups is 1. The van der Waals surface area contributed by atoms with E-state index in [0.717, 1.165) is 24.4 Å². The molecule has 7 nitrogen and oxygen atoms in total. The second-order valence-corrected chi connectivity index (χ2v) is 7.73. The molecule has 0 N–H and O–H groups in total.